The van der Waals surface area contributed by atoms with Crippen LogP contribution in [0.3, 0.4) is 0 Å². The van der Waals surface area contributed by atoms with Crippen molar-refractivity contribution >= 4 is 34.7 Å². The van der Waals surface area contributed by atoms with E-state index in [1.165, 1.54) is 0 Å². The van der Waals surface area contributed by atoms with E-state index in [1.54, 1.807) is 6.07 Å². The van der Waals surface area contributed by atoms with Gasteiger partial charge in [0.05, 0.1) is 17.4 Å². The summed E-state index contributed by atoms with van der Waals surface area (Å²) < 4.78 is 0. The molecule has 1 aromatic rings. The van der Waals surface area contributed by atoms with Gasteiger partial charge < -0.3 is 10.6 Å². The fraction of sp³-hybridized carbons (Fsp3) is 0.167. The number of hydrogen-bond donors (Lipinski definition) is 2. The molecule has 11 heavy (non-hydrogen) atoms. The van der Waals surface area contributed by atoms with Crippen LogP contribution in [0, 0.1) is 0 Å². The minimum atomic E-state index is 0.335. The van der Waals surface area contributed by atoms with Crippen molar-refractivity contribution in [3.8, 4) is 0 Å². The molecule has 2 N–H and O–H groups in total. The van der Waals surface area contributed by atoms with Gasteiger partial charge in [-0.25, -0.2) is 4.98 Å². The SMILES string of the molecule is Clc1cc2c(nc1Cl)NCN2. The highest BCUT2D eigenvalue weighted by Gasteiger charge is 2.12. The van der Waals surface area contributed by atoms with E-state index in [1.807, 2.05) is 0 Å². The van der Waals surface area contributed by atoms with Gasteiger partial charge in [0, 0.05) is 0 Å². The van der Waals surface area contributed by atoms with Gasteiger partial charge in [-0.2, -0.15) is 0 Å². The van der Waals surface area contributed by atoms with E-state index in [0.717, 1.165) is 11.5 Å². The highest BCUT2D eigenvalue weighted by molar-refractivity contribution is 6.41. The van der Waals surface area contributed by atoms with Crippen molar-refractivity contribution in [2.45, 2.75) is 0 Å². The number of aromatic nitrogens is 1. The average molecular weight is 190 g/mol. The van der Waals surface area contributed by atoms with Crippen LogP contribution in [-0.2, 0) is 0 Å². The summed E-state index contributed by atoms with van der Waals surface area (Å²) in [5, 5.41) is 6.86. The molecule has 0 unspecified atom stereocenters. The molecule has 58 valence electrons. The van der Waals surface area contributed by atoms with Crippen LogP contribution in [0.5, 0.6) is 0 Å². The third-order valence-electron chi connectivity index (χ3n) is 1.47. The lowest BCUT2D eigenvalue weighted by atomic mass is 10.4. The third-order valence-corrected chi connectivity index (χ3v) is 2.14. The van der Waals surface area contributed by atoms with Crippen LogP contribution in [0.25, 0.3) is 0 Å². The second-order valence-corrected chi connectivity index (χ2v) is 2.95. The monoisotopic (exact) mass is 189 g/mol. The minimum absolute atomic E-state index is 0.335. The number of nitrogens with one attached hydrogen (secondary N) is 2. The molecule has 0 amide bonds. The van der Waals surface area contributed by atoms with Crippen LogP contribution in [-0.4, -0.2) is 11.7 Å². The molecule has 1 aliphatic rings. The summed E-state index contributed by atoms with van der Waals surface area (Å²) in [5.74, 6) is 0.763. The Morgan fingerprint density at radius 1 is 1.36 bits per heavy atom. The fourth-order valence-electron chi connectivity index (χ4n) is 0.959. The Balaban J connectivity index is 2.57. The molecule has 0 aliphatic carbocycles. The van der Waals surface area contributed by atoms with Gasteiger partial charge >= 0.3 is 0 Å². The van der Waals surface area contributed by atoms with E-state index in [4.69, 9.17) is 23.2 Å². The molecule has 2 rings (SSSR count). The molecule has 0 saturated heterocycles. The second-order valence-electron chi connectivity index (χ2n) is 2.19. The maximum atomic E-state index is 5.73. The molecule has 1 aliphatic heterocycles. The van der Waals surface area contributed by atoms with Gasteiger partial charge in [0.25, 0.3) is 0 Å². The van der Waals surface area contributed by atoms with Crippen molar-refractivity contribution in [3.05, 3.63) is 16.2 Å². The second kappa shape index (κ2) is 2.43. The van der Waals surface area contributed by atoms with Crippen LogP contribution in [0.1, 0.15) is 0 Å². The molecule has 0 bridgehead atoms. The molecule has 0 fully saturated rings. The average Bonchev–Trinajstić information content (AvgIpc) is 2.36. The normalized spacial score (nSPS) is 13.6. The number of rotatable bonds is 0. The molecule has 0 atom stereocenters. The summed E-state index contributed by atoms with van der Waals surface area (Å²) in [5.41, 5.74) is 0.902. The van der Waals surface area contributed by atoms with Crippen molar-refractivity contribution in [2.24, 2.45) is 0 Å². The van der Waals surface area contributed by atoms with Crippen LogP contribution in [0.15, 0.2) is 6.07 Å². The van der Waals surface area contributed by atoms with E-state index in [0.29, 0.717) is 16.8 Å². The highest BCUT2D eigenvalue weighted by Crippen LogP contribution is 2.31. The van der Waals surface area contributed by atoms with Crippen LogP contribution in [0.2, 0.25) is 10.2 Å². The first kappa shape index (κ1) is 7.00. The summed E-state index contributed by atoms with van der Waals surface area (Å²) in [6, 6.07) is 1.76. The van der Waals surface area contributed by atoms with Gasteiger partial charge in [-0.05, 0) is 6.07 Å². The Hall–Kier alpha value is -0.670. The lowest BCUT2D eigenvalue weighted by molar-refractivity contribution is 1.27. The smallest absolute Gasteiger partial charge is 0.152 e. The van der Waals surface area contributed by atoms with Gasteiger partial charge in [-0.15, -0.1) is 0 Å². The van der Waals surface area contributed by atoms with Crippen molar-refractivity contribution in [1.29, 1.82) is 0 Å². The minimum Gasteiger partial charge on any atom is -0.365 e. The molecular formula is C6H5Cl2N3. The first-order valence-electron chi connectivity index (χ1n) is 3.11. The lowest BCUT2D eigenvalue weighted by Gasteiger charge is -1.99. The first-order valence-corrected chi connectivity index (χ1v) is 3.87. The molecular weight excluding hydrogens is 185 g/mol. The number of halogens is 2. The molecule has 0 spiro atoms. The molecule has 0 aromatic carbocycles. The van der Waals surface area contributed by atoms with Crippen molar-refractivity contribution < 1.29 is 0 Å². The summed E-state index contributed by atoms with van der Waals surface area (Å²) in [6.07, 6.45) is 0. The van der Waals surface area contributed by atoms with Gasteiger partial charge in [0.1, 0.15) is 5.15 Å². The van der Waals surface area contributed by atoms with E-state index in [-0.39, 0.29) is 0 Å². The van der Waals surface area contributed by atoms with Crippen LogP contribution >= 0.6 is 23.2 Å². The van der Waals surface area contributed by atoms with E-state index < -0.39 is 0 Å². The lowest BCUT2D eigenvalue weighted by Crippen LogP contribution is -1.99. The van der Waals surface area contributed by atoms with Gasteiger partial charge in [-0.1, -0.05) is 23.2 Å². The van der Waals surface area contributed by atoms with Gasteiger partial charge in [-0.3, -0.25) is 0 Å². The van der Waals surface area contributed by atoms with Crippen molar-refractivity contribution in [1.82, 2.24) is 4.98 Å². The first-order chi connectivity index (χ1) is 5.27. The van der Waals surface area contributed by atoms with E-state index >= 15 is 0 Å². The fourth-order valence-corrected chi connectivity index (χ4v) is 1.25. The predicted molar refractivity (Wildman–Crippen MR) is 46.4 cm³/mol. The number of pyridine rings is 1. The molecule has 0 radical (unpaired) electrons. The summed E-state index contributed by atoms with van der Waals surface area (Å²) in [6.45, 7) is 0.680. The zero-order valence-electron chi connectivity index (χ0n) is 5.49. The highest BCUT2D eigenvalue weighted by atomic mass is 35.5. The third kappa shape index (κ3) is 1.10. The van der Waals surface area contributed by atoms with Crippen LogP contribution in [0.4, 0.5) is 11.5 Å². The Morgan fingerprint density at radius 3 is 3.00 bits per heavy atom. The zero-order chi connectivity index (χ0) is 7.84. The Kier molecular flexibility index (Phi) is 1.55. The molecule has 0 saturated carbocycles. The standard InChI is InChI=1S/C6H5Cl2N3/c7-3-1-4-6(10-2-9-4)11-5(3)8/h1,9H,2H2,(H,10,11). The van der Waals surface area contributed by atoms with Crippen molar-refractivity contribution in [3.63, 3.8) is 0 Å². The van der Waals surface area contributed by atoms with Gasteiger partial charge in [0.15, 0.2) is 5.82 Å². The van der Waals surface area contributed by atoms with E-state index in [9.17, 15) is 0 Å². The summed E-state index contributed by atoms with van der Waals surface area (Å²) >= 11 is 11.4. The largest absolute Gasteiger partial charge is 0.365 e. The zero-order valence-corrected chi connectivity index (χ0v) is 7.00. The number of fused-ring (bicyclic) bond motifs is 1. The van der Waals surface area contributed by atoms with Crippen molar-refractivity contribution in [2.75, 3.05) is 17.3 Å². The maximum absolute atomic E-state index is 5.73. The topological polar surface area (TPSA) is 37.0 Å². The summed E-state index contributed by atoms with van der Waals surface area (Å²) in [4.78, 5) is 4.01. The van der Waals surface area contributed by atoms with E-state index in [2.05, 4.69) is 15.6 Å². The quantitative estimate of drug-likeness (QED) is 0.615. The molecule has 5 heteroatoms. The number of anilines is 2. The number of hydrogen-bond acceptors (Lipinski definition) is 3. The number of nitrogens with zero attached hydrogens (tertiary/aromatic N) is 1. The Bertz CT molecular complexity index is 271. The predicted octanol–water partition coefficient (Wildman–Crippen LogP) is 2.18. The van der Waals surface area contributed by atoms with Gasteiger partial charge in [0.2, 0.25) is 0 Å². The van der Waals surface area contributed by atoms with Crippen LogP contribution < -0.4 is 10.6 Å². The summed E-state index contributed by atoms with van der Waals surface area (Å²) in [7, 11) is 0. The Labute approximate surface area is 73.7 Å². The maximum Gasteiger partial charge on any atom is 0.152 e. The molecule has 2 heterocycles. The molecule has 1 aromatic heterocycles. The Morgan fingerprint density at radius 2 is 2.18 bits per heavy atom. The molecule has 3 nitrogen and oxygen atoms in total.